The molecule has 0 aromatic carbocycles. The topological polar surface area (TPSA) is 55.0 Å². The van der Waals surface area contributed by atoms with E-state index in [0.717, 1.165) is 24.1 Å². The molecule has 0 atom stereocenters. The zero-order valence-electron chi connectivity index (χ0n) is 11.3. The lowest BCUT2D eigenvalue weighted by Gasteiger charge is -2.10. The minimum absolute atomic E-state index is 0.307. The lowest BCUT2D eigenvalue weighted by molar-refractivity contribution is 0.0587. The van der Waals surface area contributed by atoms with E-state index in [1.165, 1.54) is 7.11 Å². The van der Waals surface area contributed by atoms with E-state index in [0.29, 0.717) is 11.6 Å². The highest BCUT2D eigenvalue weighted by Crippen LogP contribution is 2.50. The number of aromatic nitrogens is 1. The zero-order valence-corrected chi connectivity index (χ0v) is 11.3. The molecule has 1 aromatic heterocycles. The molecular weight excluding hydrogens is 228 g/mol. The maximum Gasteiger partial charge on any atom is 0.355 e. The van der Waals surface area contributed by atoms with Crippen molar-refractivity contribution in [3.05, 3.63) is 23.0 Å². The molecule has 0 radical (unpaired) electrons. The molecule has 0 amide bonds. The van der Waals surface area contributed by atoms with E-state index in [9.17, 15) is 10.1 Å². The van der Waals surface area contributed by atoms with E-state index in [2.05, 4.69) is 19.9 Å². The highest BCUT2D eigenvalue weighted by Gasteiger charge is 2.48. The molecular formula is C14H18N2O2. The second-order valence-electron chi connectivity index (χ2n) is 5.23. The summed E-state index contributed by atoms with van der Waals surface area (Å²) in [5.41, 5.74) is 1.96. The van der Waals surface area contributed by atoms with Crippen LogP contribution in [0.25, 0.3) is 0 Å². The van der Waals surface area contributed by atoms with Crippen LogP contribution in [-0.2, 0) is 17.2 Å². The second kappa shape index (κ2) is 4.16. The molecule has 1 aliphatic carbocycles. The number of nitriles is 1. The molecule has 0 bridgehead atoms. The molecule has 0 aliphatic heterocycles. The molecule has 18 heavy (non-hydrogen) atoms. The number of hydrogen-bond acceptors (Lipinski definition) is 3. The van der Waals surface area contributed by atoms with Gasteiger partial charge < -0.3 is 9.30 Å². The summed E-state index contributed by atoms with van der Waals surface area (Å²) in [7, 11) is 3.23. The summed E-state index contributed by atoms with van der Waals surface area (Å²) in [5.74, 6) is -0.0532. The largest absolute Gasteiger partial charge is 0.464 e. The Hall–Kier alpha value is -1.76. The van der Waals surface area contributed by atoms with E-state index in [4.69, 9.17) is 4.74 Å². The molecule has 1 aromatic rings. The molecule has 1 fully saturated rings. The Balaban J connectivity index is 2.62. The van der Waals surface area contributed by atoms with Crippen LogP contribution < -0.4 is 0 Å². The summed E-state index contributed by atoms with van der Waals surface area (Å²) in [6, 6.07) is 4.34. The summed E-state index contributed by atoms with van der Waals surface area (Å²) in [6.45, 7) is 4.15. The minimum atomic E-state index is -0.464. The van der Waals surface area contributed by atoms with Crippen molar-refractivity contribution in [2.24, 2.45) is 7.05 Å². The van der Waals surface area contributed by atoms with E-state index < -0.39 is 5.41 Å². The summed E-state index contributed by atoms with van der Waals surface area (Å²) >= 11 is 0. The fraction of sp³-hybridized carbons (Fsp3) is 0.571. The van der Waals surface area contributed by atoms with Gasteiger partial charge in [0.25, 0.3) is 0 Å². The summed E-state index contributed by atoms with van der Waals surface area (Å²) in [4.78, 5) is 11.9. The highest BCUT2D eigenvalue weighted by atomic mass is 16.5. The maximum atomic E-state index is 11.9. The fourth-order valence-electron chi connectivity index (χ4n) is 2.45. The maximum absolute atomic E-state index is 11.9. The van der Waals surface area contributed by atoms with Crippen molar-refractivity contribution >= 4 is 5.97 Å². The standard InChI is InChI=1S/C14H18N2O2/c1-9(2)11-7-10(14(8-15)5-6-14)12(16(11)3)13(17)18-4/h7,9H,5-6H2,1-4H3. The molecule has 0 spiro atoms. The van der Waals surface area contributed by atoms with Crippen molar-refractivity contribution in [2.45, 2.75) is 38.0 Å². The zero-order chi connectivity index (χ0) is 13.5. The SMILES string of the molecule is COC(=O)c1c(C2(C#N)CC2)cc(C(C)C)n1C. The number of nitrogens with zero attached hydrogens (tertiary/aromatic N) is 2. The number of rotatable bonds is 3. The number of carbonyl (C=O) groups excluding carboxylic acids is 1. The van der Waals surface area contributed by atoms with Crippen LogP contribution in [-0.4, -0.2) is 17.6 Å². The van der Waals surface area contributed by atoms with Crippen LogP contribution in [0, 0.1) is 11.3 Å². The molecule has 1 aliphatic rings. The van der Waals surface area contributed by atoms with Crippen molar-refractivity contribution in [1.29, 1.82) is 5.26 Å². The van der Waals surface area contributed by atoms with E-state index in [1.807, 2.05) is 17.7 Å². The first-order valence-electron chi connectivity index (χ1n) is 6.16. The Morgan fingerprint density at radius 2 is 2.17 bits per heavy atom. The Morgan fingerprint density at radius 3 is 2.56 bits per heavy atom. The van der Waals surface area contributed by atoms with Gasteiger partial charge in [-0.25, -0.2) is 4.79 Å². The van der Waals surface area contributed by atoms with Gasteiger partial charge in [0.15, 0.2) is 0 Å². The first-order valence-corrected chi connectivity index (χ1v) is 6.16. The Morgan fingerprint density at radius 1 is 1.56 bits per heavy atom. The molecule has 0 N–H and O–H groups in total. The first-order chi connectivity index (χ1) is 8.46. The molecule has 0 saturated heterocycles. The van der Waals surface area contributed by atoms with Gasteiger partial charge >= 0.3 is 5.97 Å². The second-order valence-corrected chi connectivity index (χ2v) is 5.23. The molecule has 2 rings (SSSR count). The van der Waals surface area contributed by atoms with E-state index >= 15 is 0 Å². The molecule has 1 saturated carbocycles. The number of carbonyl (C=O) groups is 1. The van der Waals surface area contributed by atoms with Crippen molar-refractivity contribution < 1.29 is 9.53 Å². The van der Waals surface area contributed by atoms with Gasteiger partial charge in [0.2, 0.25) is 0 Å². The third-order valence-electron chi connectivity index (χ3n) is 3.72. The van der Waals surface area contributed by atoms with Crippen molar-refractivity contribution in [1.82, 2.24) is 4.57 Å². The number of esters is 1. The predicted octanol–water partition coefficient (Wildman–Crippen LogP) is 2.49. The lowest BCUT2D eigenvalue weighted by atomic mass is 9.96. The minimum Gasteiger partial charge on any atom is -0.464 e. The normalized spacial score (nSPS) is 16.4. The molecule has 0 unspecified atom stereocenters. The van der Waals surface area contributed by atoms with Crippen LogP contribution in [0.3, 0.4) is 0 Å². The smallest absolute Gasteiger partial charge is 0.355 e. The van der Waals surface area contributed by atoms with Crippen LogP contribution in [0.2, 0.25) is 0 Å². The van der Waals surface area contributed by atoms with Gasteiger partial charge in [-0.2, -0.15) is 5.26 Å². The van der Waals surface area contributed by atoms with Crippen LogP contribution in [0.5, 0.6) is 0 Å². The van der Waals surface area contributed by atoms with Gasteiger partial charge in [0, 0.05) is 18.3 Å². The van der Waals surface area contributed by atoms with Crippen molar-refractivity contribution in [3.8, 4) is 6.07 Å². The van der Waals surface area contributed by atoms with Crippen LogP contribution in [0.4, 0.5) is 0 Å². The Bertz CT molecular complexity index is 531. The van der Waals surface area contributed by atoms with E-state index in [-0.39, 0.29) is 5.97 Å². The van der Waals surface area contributed by atoms with E-state index in [1.54, 1.807) is 0 Å². The lowest BCUT2D eigenvalue weighted by Crippen LogP contribution is -2.15. The molecule has 96 valence electrons. The number of methoxy groups -OCH3 is 1. The average molecular weight is 246 g/mol. The van der Waals surface area contributed by atoms with Crippen LogP contribution >= 0.6 is 0 Å². The average Bonchev–Trinajstić information content (AvgIpc) is 3.06. The number of hydrogen-bond donors (Lipinski definition) is 0. The quantitative estimate of drug-likeness (QED) is 0.770. The van der Waals surface area contributed by atoms with Gasteiger partial charge in [-0.15, -0.1) is 0 Å². The van der Waals surface area contributed by atoms with Crippen LogP contribution in [0.1, 0.15) is 54.4 Å². The van der Waals surface area contributed by atoms with Crippen molar-refractivity contribution in [2.75, 3.05) is 7.11 Å². The summed E-state index contributed by atoms with van der Waals surface area (Å²) < 4.78 is 6.71. The predicted molar refractivity (Wildman–Crippen MR) is 67.4 cm³/mol. The van der Waals surface area contributed by atoms with Gasteiger partial charge in [0.05, 0.1) is 18.6 Å². The highest BCUT2D eigenvalue weighted by molar-refractivity contribution is 5.90. The fourth-order valence-corrected chi connectivity index (χ4v) is 2.45. The molecule has 1 heterocycles. The first kappa shape index (κ1) is 12.7. The van der Waals surface area contributed by atoms with Gasteiger partial charge in [0.1, 0.15) is 5.69 Å². The molecule has 4 heteroatoms. The van der Waals surface area contributed by atoms with Crippen molar-refractivity contribution in [3.63, 3.8) is 0 Å². The number of ether oxygens (including phenoxy) is 1. The monoisotopic (exact) mass is 246 g/mol. The Labute approximate surface area is 107 Å². The van der Waals surface area contributed by atoms with Crippen LogP contribution in [0.15, 0.2) is 6.07 Å². The molecule has 4 nitrogen and oxygen atoms in total. The Kier molecular flexibility index (Phi) is 2.94. The van der Waals surface area contributed by atoms with Gasteiger partial charge in [-0.1, -0.05) is 13.8 Å². The summed E-state index contributed by atoms with van der Waals surface area (Å²) in [6.07, 6.45) is 1.66. The van der Waals surface area contributed by atoms with Gasteiger partial charge in [-0.3, -0.25) is 0 Å². The summed E-state index contributed by atoms with van der Waals surface area (Å²) in [5, 5.41) is 9.32. The van der Waals surface area contributed by atoms with Gasteiger partial charge in [-0.05, 0) is 24.8 Å². The third kappa shape index (κ3) is 1.71. The third-order valence-corrected chi connectivity index (χ3v) is 3.72.